The van der Waals surface area contributed by atoms with E-state index in [0.29, 0.717) is 0 Å². The number of hydrogen-bond donors (Lipinski definition) is 0. The van der Waals surface area contributed by atoms with Gasteiger partial charge in [-0.25, -0.2) is 4.57 Å². The number of rotatable bonds is 2. The highest BCUT2D eigenvalue weighted by atomic mass is 16.3. The Morgan fingerprint density at radius 2 is 1.65 bits per heavy atom. The monoisotopic (exact) mass is 404 g/mol. The summed E-state index contributed by atoms with van der Waals surface area (Å²) in [6.45, 7) is 4.31. The fraction of sp³-hybridized carbons (Fsp3) is 0.111. The van der Waals surface area contributed by atoms with Crippen LogP contribution in [0.25, 0.3) is 50.0 Å². The zero-order valence-corrected chi connectivity index (χ0v) is 17.8. The van der Waals surface area contributed by atoms with Crippen LogP contribution in [0.15, 0.2) is 83.5 Å². The standard InChI is InChI=1S/C27H22N3O/c1-17-8-4-5-9-21(17)30-23-11-7-6-10-22(23)29(3)27(30)25-18(2)12-13-20-19-14-15-28-16-24(19)31-26(20)25/h4-16H,1-3H3/q+1. The number of para-hydroxylation sites is 3. The zero-order chi connectivity index (χ0) is 21.1. The van der Waals surface area contributed by atoms with Crippen LogP contribution in [-0.2, 0) is 7.05 Å². The summed E-state index contributed by atoms with van der Waals surface area (Å²) in [5, 5.41) is 2.20. The van der Waals surface area contributed by atoms with E-state index in [-0.39, 0.29) is 0 Å². The van der Waals surface area contributed by atoms with Crippen LogP contribution in [0, 0.1) is 13.8 Å². The summed E-state index contributed by atoms with van der Waals surface area (Å²) in [4.78, 5) is 4.26. The number of furan rings is 1. The van der Waals surface area contributed by atoms with Crippen LogP contribution in [0.5, 0.6) is 0 Å². The van der Waals surface area contributed by atoms with Gasteiger partial charge in [0.2, 0.25) is 0 Å². The number of fused-ring (bicyclic) bond motifs is 4. The second kappa shape index (κ2) is 6.54. The van der Waals surface area contributed by atoms with E-state index < -0.39 is 0 Å². The molecular weight excluding hydrogens is 382 g/mol. The summed E-state index contributed by atoms with van der Waals surface area (Å²) in [7, 11) is 2.13. The molecule has 150 valence electrons. The Bertz CT molecular complexity index is 1620. The smallest absolute Gasteiger partial charge is 0.298 e. The molecule has 0 aliphatic heterocycles. The predicted molar refractivity (Wildman–Crippen MR) is 124 cm³/mol. The maximum Gasteiger partial charge on any atom is 0.298 e. The number of aromatic nitrogens is 3. The molecule has 3 aromatic carbocycles. The minimum Gasteiger partial charge on any atom is -0.453 e. The molecule has 0 saturated carbocycles. The minimum atomic E-state index is 0.811. The van der Waals surface area contributed by atoms with Crippen molar-refractivity contribution in [2.45, 2.75) is 13.8 Å². The third kappa shape index (κ3) is 2.48. The van der Waals surface area contributed by atoms with Crippen molar-refractivity contribution in [3.63, 3.8) is 0 Å². The Kier molecular flexibility index (Phi) is 3.78. The Labute approximate surface area is 180 Å². The van der Waals surface area contributed by atoms with Gasteiger partial charge in [-0.3, -0.25) is 4.98 Å². The molecule has 6 aromatic rings. The molecule has 0 amide bonds. The Morgan fingerprint density at radius 3 is 2.52 bits per heavy atom. The molecule has 3 aromatic heterocycles. The molecule has 0 saturated heterocycles. The molecule has 6 rings (SSSR count). The summed E-state index contributed by atoms with van der Waals surface area (Å²) in [6, 6.07) is 23.4. The fourth-order valence-corrected chi connectivity index (χ4v) is 4.72. The van der Waals surface area contributed by atoms with E-state index in [9.17, 15) is 0 Å². The molecule has 0 atom stereocenters. The summed E-state index contributed by atoms with van der Waals surface area (Å²) < 4.78 is 11.0. The molecule has 0 fully saturated rings. The molecule has 3 heterocycles. The molecule has 0 aliphatic rings. The van der Waals surface area contributed by atoms with Crippen LogP contribution in [0.4, 0.5) is 0 Å². The third-order valence-corrected chi connectivity index (χ3v) is 6.25. The van der Waals surface area contributed by atoms with Crippen molar-refractivity contribution < 1.29 is 8.98 Å². The molecule has 0 aliphatic carbocycles. The molecule has 0 bridgehead atoms. The van der Waals surface area contributed by atoms with Crippen LogP contribution >= 0.6 is 0 Å². The van der Waals surface area contributed by atoms with Crippen LogP contribution in [0.2, 0.25) is 0 Å². The highest BCUT2D eigenvalue weighted by molar-refractivity contribution is 6.09. The van der Waals surface area contributed by atoms with E-state index in [1.165, 1.54) is 27.8 Å². The van der Waals surface area contributed by atoms with Gasteiger partial charge >= 0.3 is 0 Å². The maximum atomic E-state index is 6.40. The number of pyridine rings is 1. The lowest BCUT2D eigenvalue weighted by molar-refractivity contribution is -0.633. The van der Waals surface area contributed by atoms with E-state index >= 15 is 0 Å². The Hall–Kier alpha value is -3.92. The normalized spacial score (nSPS) is 11.7. The highest BCUT2D eigenvalue weighted by Gasteiger charge is 2.30. The molecule has 4 heteroatoms. The second-order valence-electron chi connectivity index (χ2n) is 8.10. The minimum absolute atomic E-state index is 0.811. The average molecular weight is 404 g/mol. The molecular formula is C27H22N3O+. The number of benzene rings is 3. The topological polar surface area (TPSA) is 34.8 Å². The van der Waals surface area contributed by atoms with Crippen molar-refractivity contribution in [3.05, 3.63) is 90.3 Å². The van der Waals surface area contributed by atoms with Gasteiger partial charge in [-0.05, 0) is 49.2 Å². The average Bonchev–Trinajstić information content (AvgIpc) is 3.30. The molecule has 0 radical (unpaired) electrons. The SMILES string of the molecule is Cc1ccccc1-n1c(-c2c(C)ccc3c2oc2cnccc23)[n+](C)c2ccccc21. The fourth-order valence-electron chi connectivity index (χ4n) is 4.72. The van der Waals surface area contributed by atoms with E-state index in [2.05, 4.69) is 95.7 Å². The zero-order valence-electron chi connectivity index (χ0n) is 17.8. The molecule has 31 heavy (non-hydrogen) atoms. The van der Waals surface area contributed by atoms with E-state index in [0.717, 1.165) is 33.3 Å². The third-order valence-electron chi connectivity index (χ3n) is 6.25. The summed E-state index contributed by atoms with van der Waals surface area (Å²) >= 11 is 0. The molecule has 0 N–H and O–H groups in total. The van der Waals surface area contributed by atoms with Crippen molar-refractivity contribution >= 4 is 33.0 Å². The van der Waals surface area contributed by atoms with Gasteiger partial charge < -0.3 is 4.42 Å². The van der Waals surface area contributed by atoms with Gasteiger partial charge in [0.05, 0.1) is 13.2 Å². The quantitative estimate of drug-likeness (QED) is 0.330. The van der Waals surface area contributed by atoms with Crippen molar-refractivity contribution in [1.82, 2.24) is 9.55 Å². The van der Waals surface area contributed by atoms with Gasteiger partial charge in [-0.1, -0.05) is 42.5 Å². The van der Waals surface area contributed by atoms with Crippen LogP contribution in [-0.4, -0.2) is 9.55 Å². The summed E-state index contributed by atoms with van der Waals surface area (Å²) in [6.07, 6.45) is 3.62. The summed E-state index contributed by atoms with van der Waals surface area (Å²) in [5.41, 5.74) is 8.73. The Balaban J connectivity index is 1.83. The van der Waals surface area contributed by atoms with Crippen LogP contribution < -0.4 is 4.57 Å². The van der Waals surface area contributed by atoms with Crippen LogP contribution in [0.1, 0.15) is 11.1 Å². The first kappa shape index (κ1) is 17.9. The van der Waals surface area contributed by atoms with Crippen molar-refractivity contribution in [2.75, 3.05) is 0 Å². The van der Waals surface area contributed by atoms with E-state index in [1.54, 1.807) is 6.20 Å². The first-order valence-electron chi connectivity index (χ1n) is 10.5. The molecule has 0 unspecified atom stereocenters. The Morgan fingerprint density at radius 1 is 0.839 bits per heavy atom. The van der Waals surface area contributed by atoms with Gasteiger partial charge in [0.1, 0.15) is 11.3 Å². The largest absolute Gasteiger partial charge is 0.453 e. The van der Waals surface area contributed by atoms with Gasteiger partial charge in [0.25, 0.3) is 5.82 Å². The van der Waals surface area contributed by atoms with Crippen LogP contribution in [0.3, 0.4) is 0 Å². The van der Waals surface area contributed by atoms with E-state index in [1.807, 2.05) is 12.3 Å². The summed E-state index contributed by atoms with van der Waals surface area (Å²) in [5.74, 6) is 1.10. The maximum absolute atomic E-state index is 6.40. The highest BCUT2D eigenvalue weighted by Crippen LogP contribution is 2.38. The molecule has 0 spiro atoms. The van der Waals surface area contributed by atoms with Gasteiger partial charge in [-0.2, -0.15) is 4.57 Å². The number of nitrogens with zero attached hydrogens (tertiary/aromatic N) is 3. The predicted octanol–water partition coefficient (Wildman–Crippen LogP) is 6.03. The second-order valence-corrected chi connectivity index (χ2v) is 8.10. The molecule has 4 nitrogen and oxygen atoms in total. The lowest BCUT2D eigenvalue weighted by Gasteiger charge is -2.09. The van der Waals surface area contributed by atoms with Gasteiger partial charge in [0.15, 0.2) is 22.2 Å². The lowest BCUT2D eigenvalue weighted by atomic mass is 10.0. The number of hydrogen-bond acceptors (Lipinski definition) is 2. The van der Waals surface area contributed by atoms with Crippen molar-refractivity contribution in [3.8, 4) is 17.1 Å². The van der Waals surface area contributed by atoms with Gasteiger partial charge in [0, 0.05) is 17.0 Å². The van der Waals surface area contributed by atoms with E-state index in [4.69, 9.17) is 4.42 Å². The van der Waals surface area contributed by atoms with Crippen molar-refractivity contribution in [1.29, 1.82) is 0 Å². The van der Waals surface area contributed by atoms with Gasteiger partial charge in [-0.15, -0.1) is 0 Å². The first-order chi connectivity index (χ1) is 15.1. The number of imidazole rings is 1. The number of aryl methyl sites for hydroxylation is 3. The van der Waals surface area contributed by atoms with Crippen molar-refractivity contribution in [2.24, 2.45) is 7.05 Å². The first-order valence-corrected chi connectivity index (χ1v) is 10.5. The lowest BCUT2D eigenvalue weighted by Crippen LogP contribution is -2.30.